The Hall–Kier alpha value is -1.03. The SMILES string of the molecule is CCCC(N)CCNc1ccn(C)n1. The van der Waals surface area contributed by atoms with Gasteiger partial charge in [-0.15, -0.1) is 0 Å². The minimum atomic E-state index is 0.316. The first kappa shape index (κ1) is 11.0. The van der Waals surface area contributed by atoms with Gasteiger partial charge in [-0.25, -0.2) is 0 Å². The van der Waals surface area contributed by atoms with E-state index in [1.54, 1.807) is 4.68 Å². The Morgan fingerprint density at radius 3 is 2.93 bits per heavy atom. The maximum Gasteiger partial charge on any atom is 0.147 e. The smallest absolute Gasteiger partial charge is 0.147 e. The Morgan fingerprint density at radius 2 is 2.36 bits per heavy atom. The van der Waals surface area contributed by atoms with Crippen molar-refractivity contribution in [1.82, 2.24) is 9.78 Å². The zero-order chi connectivity index (χ0) is 10.4. The molecule has 0 aliphatic rings. The van der Waals surface area contributed by atoms with E-state index in [9.17, 15) is 0 Å². The quantitative estimate of drug-likeness (QED) is 0.722. The third-order valence-electron chi connectivity index (χ3n) is 2.19. The largest absolute Gasteiger partial charge is 0.369 e. The van der Waals surface area contributed by atoms with Crippen LogP contribution >= 0.6 is 0 Å². The fourth-order valence-electron chi connectivity index (χ4n) is 1.41. The van der Waals surface area contributed by atoms with Crippen LogP contribution in [0, 0.1) is 0 Å². The van der Waals surface area contributed by atoms with Crippen LogP contribution in [-0.4, -0.2) is 22.4 Å². The van der Waals surface area contributed by atoms with E-state index in [1.165, 1.54) is 0 Å². The zero-order valence-electron chi connectivity index (χ0n) is 9.03. The predicted molar refractivity (Wildman–Crippen MR) is 59.2 cm³/mol. The van der Waals surface area contributed by atoms with Crippen molar-refractivity contribution < 1.29 is 0 Å². The maximum absolute atomic E-state index is 5.89. The highest BCUT2D eigenvalue weighted by Crippen LogP contribution is 2.02. The van der Waals surface area contributed by atoms with Crippen LogP contribution in [-0.2, 0) is 7.05 Å². The summed E-state index contributed by atoms with van der Waals surface area (Å²) in [4.78, 5) is 0. The van der Waals surface area contributed by atoms with Gasteiger partial charge in [-0.3, -0.25) is 4.68 Å². The van der Waals surface area contributed by atoms with Gasteiger partial charge in [0.15, 0.2) is 0 Å². The average Bonchev–Trinajstić information content (AvgIpc) is 2.52. The summed E-state index contributed by atoms with van der Waals surface area (Å²) in [6, 6.07) is 2.28. The molecule has 1 aromatic rings. The molecule has 0 bridgehead atoms. The topological polar surface area (TPSA) is 55.9 Å². The highest BCUT2D eigenvalue weighted by molar-refractivity contribution is 5.31. The normalized spacial score (nSPS) is 12.8. The molecule has 3 N–H and O–H groups in total. The molecule has 0 aliphatic heterocycles. The first-order valence-electron chi connectivity index (χ1n) is 5.21. The number of anilines is 1. The molecule has 4 nitrogen and oxygen atoms in total. The molecule has 14 heavy (non-hydrogen) atoms. The summed E-state index contributed by atoms with van der Waals surface area (Å²) in [6.45, 7) is 3.06. The molecule has 0 aliphatic carbocycles. The van der Waals surface area contributed by atoms with Crippen LogP contribution in [0.4, 0.5) is 5.82 Å². The monoisotopic (exact) mass is 196 g/mol. The number of nitrogens with two attached hydrogens (primary N) is 1. The second-order valence-electron chi connectivity index (χ2n) is 3.64. The van der Waals surface area contributed by atoms with E-state index in [-0.39, 0.29) is 0 Å². The lowest BCUT2D eigenvalue weighted by atomic mass is 10.1. The van der Waals surface area contributed by atoms with Crippen LogP contribution in [0.1, 0.15) is 26.2 Å². The molecule has 0 radical (unpaired) electrons. The molecule has 1 atom stereocenters. The Kier molecular flexibility index (Phi) is 4.46. The molecule has 1 aromatic heterocycles. The van der Waals surface area contributed by atoms with Crippen molar-refractivity contribution in [2.24, 2.45) is 12.8 Å². The zero-order valence-corrected chi connectivity index (χ0v) is 9.03. The Labute approximate surface area is 85.5 Å². The molecule has 4 heteroatoms. The van der Waals surface area contributed by atoms with Gasteiger partial charge in [0, 0.05) is 31.9 Å². The van der Waals surface area contributed by atoms with Crippen LogP contribution in [0.15, 0.2) is 12.3 Å². The molecule has 0 amide bonds. The molecular formula is C10H20N4. The number of rotatable bonds is 6. The summed E-state index contributed by atoms with van der Waals surface area (Å²) in [6.07, 6.45) is 5.19. The maximum atomic E-state index is 5.89. The molecule has 80 valence electrons. The first-order chi connectivity index (χ1) is 6.72. The lowest BCUT2D eigenvalue weighted by Crippen LogP contribution is -2.23. The minimum Gasteiger partial charge on any atom is -0.369 e. The summed E-state index contributed by atoms with van der Waals surface area (Å²) >= 11 is 0. The fraction of sp³-hybridized carbons (Fsp3) is 0.700. The van der Waals surface area contributed by atoms with E-state index in [1.807, 2.05) is 19.3 Å². The van der Waals surface area contributed by atoms with E-state index in [0.29, 0.717) is 6.04 Å². The lowest BCUT2D eigenvalue weighted by Gasteiger charge is -2.09. The van der Waals surface area contributed by atoms with Crippen molar-refractivity contribution in [3.63, 3.8) is 0 Å². The van der Waals surface area contributed by atoms with Crippen molar-refractivity contribution in [3.05, 3.63) is 12.3 Å². The van der Waals surface area contributed by atoms with Gasteiger partial charge in [-0.2, -0.15) is 5.10 Å². The number of nitrogens with zero attached hydrogens (tertiary/aromatic N) is 2. The van der Waals surface area contributed by atoms with Gasteiger partial charge in [-0.05, 0) is 12.8 Å². The second-order valence-corrected chi connectivity index (χ2v) is 3.64. The van der Waals surface area contributed by atoms with Gasteiger partial charge in [0.1, 0.15) is 5.82 Å². The highest BCUT2D eigenvalue weighted by atomic mass is 15.3. The summed E-state index contributed by atoms with van der Waals surface area (Å²) in [5.41, 5.74) is 5.89. The van der Waals surface area contributed by atoms with Gasteiger partial charge in [0.25, 0.3) is 0 Å². The van der Waals surface area contributed by atoms with Crippen molar-refractivity contribution in [2.75, 3.05) is 11.9 Å². The summed E-state index contributed by atoms with van der Waals surface area (Å²) in [7, 11) is 1.91. The highest BCUT2D eigenvalue weighted by Gasteiger charge is 2.01. The number of aryl methyl sites for hydroxylation is 1. The number of hydrogen-bond acceptors (Lipinski definition) is 3. The van der Waals surface area contributed by atoms with Crippen molar-refractivity contribution >= 4 is 5.82 Å². The van der Waals surface area contributed by atoms with Crippen molar-refractivity contribution in [3.8, 4) is 0 Å². The molecule has 1 rings (SSSR count). The third kappa shape index (κ3) is 3.79. The van der Waals surface area contributed by atoms with Crippen molar-refractivity contribution in [1.29, 1.82) is 0 Å². The van der Waals surface area contributed by atoms with E-state index in [4.69, 9.17) is 5.73 Å². The van der Waals surface area contributed by atoms with Crippen molar-refractivity contribution in [2.45, 2.75) is 32.2 Å². The Balaban J connectivity index is 2.15. The molecule has 0 fully saturated rings. The Bertz CT molecular complexity index is 256. The average molecular weight is 196 g/mol. The van der Waals surface area contributed by atoms with Gasteiger partial charge < -0.3 is 11.1 Å². The Morgan fingerprint density at radius 1 is 1.57 bits per heavy atom. The number of aromatic nitrogens is 2. The predicted octanol–water partition coefficient (Wildman–Crippen LogP) is 1.35. The van der Waals surface area contributed by atoms with Gasteiger partial charge in [-0.1, -0.05) is 13.3 Å². The van der Waals surface area contributed by atoms with Crippen LogP contribution in [0.2, 0.25) is 0 Å². The summed E-state index contributed by atoms with van der Waals surface area (Å²) in [5, 5.41) is 7.46. The van der Waals surface area contributed by atoms with E-state index in [0.717, 1.165) is 31.6 Å². The number of nitrogens with one attached hydrogen (secondary N) is 1. The molecule has 0 spiro atoms. The van der Waals surface area contributed by atoms with Crippen LogP contribution in [0.25, 0.3) is 0 Å². The van der Waals surface area contributed by atoms with Crippen LogP contribution in [0.5, 0.6) is 0 Å². The standard InChI is InChI=1S/C10H20N4/c1-3-4-9(11)5-7-12-10-6-8-14(2)13-10/h6,8-9H,3-5,7,11H2,1-2H3,(H,12,13). The van der Waals surface area contributed by atoms with E-state index >= 15 is 0 Å². The van der Waals surface area contributed by atoms with E-state index in [2.05, 4.69) is 17.3 Å². The molecule has 1 heterocycles. The number of hydrogen-bond donors (Lipinski definition) is 2. The lowest BCUT2D eigenvalue weighted by molar-refractivity contribution is 0.574. The fourth-order valence-corrected chi connectivity index (χ4v) is 1.41. The second kappa shape index (κ2) is 5.65. The van der Waals surface area contributed by atoms with Crippen LogP contribution < -0.4 is 11.1 Å². The molecule has 0 saturated carbocycles. The van der Waals surface area contributed by atoms with Crippen LogP contribution in [0.3, 0.4) is 0 Å². The molecule has 0 aromatic carbocycles. The van der Waals surface area contributed by atoms with E-state index < -0.39 is 0 Å². The molecule has 1 unspecified atom stereocenters. The third-order valence-corrected chi connectivity index (χ3v) is 2.19. The van der Waals surface area contributed by atoms with Gasteiger partial charge >= 0.3 is 0 Å². The van der Waals surface area contributed by atoms with Gasteiger partial charge in [0.2, 0.25) is 0 Å². The molecular weight excluding hydrogens is 176 g/mol. The van der Waals surface area contributed by atoms with Gasteiger partial charge in [0.05, 0.1) is 0 Å². The summed E-state index contributed by atoms with van der Waals surface area (Å²) < 4.78 is 1.79. The summed E-state index contributed by atoms with van der Waals surface area (Å²) in [5.74, 6) is 0.927. The first-order valence-corrected chi connectivity index (χ1v) is 5.21. The molecule has 0 saturated heterocycles. The minimum absolute atomic E-state index is 0.316.